The molecule has 0 aliphatic rings. The van der Waals surface area contributed by atoms with Gasteiger partial charge in [-0.05, 0) is 36.4 Å². The van der Waals surface area contributed by atoms with Crippen LogP contribution in [-0.4, -0.2) is 11.7 Å². The molecule has 0 fully saturated rings. The quantitative estimate of drug-likeness (QED) is 0.781. The lowest BCUT2D eigenvalue weighted by Crippen LogP contribution is -2.29. The molecule has 2 rings (SSSR count). The molecule has 21 heavy (non-hydrogen) atoms. The second-order valence-corrected chi connectivity index (χ2v) is 6.79. The lowest BCUT2D eigenvalue weighted by Gasteiger charge is -2.11. The Morgan fingerprint density at radius 2 is 1.95 bits per heavy atom. The van der Waals surface area contributed by atoms with Crippen LogP contribution in [0, 0.1) is 5.92 Å². The highest BCUT2D eigenvalue weighted by Gasteiger charge is 2.15. The van der Waals surface area contributed by atoms with E-state index >= 15 is 0 Å². The maximum absolute atomic E-state index is 12.2. The number of amides is 1. The van der Waals surface area contributed by atoms with Crippen LogP contribution in [0.5, 0.6) is 0 Å². The van der Waals surface area contributed by atoms with Crippen molar-refractivity contribution in [2.24, 2.45) is 5.92 Å². The molecule has 0 unspecified atom stereocenters. The van der Waals surface area contributed by atoms with Gasteiger partial charge in [0.05, 0.1) is 11.4 Å². The molecule has 0 saturated carbocycles. The number of thiophene rings is 2. The lowest BCUT2D eigenvalue weighted by molar-refractivity contribution is -0.125. The van der Waals surface area contributed by atoms with Gasteiger partial charge in [0, 0.05) is 21.7 Å². The Bertz CT molecular complexity index is 598. The van der Waals surface area contributed by atoms with E-state index in [-0.39, 0.29) is 17.6 Å². The van der Waals surface area contributed by atoms with Gasteiger partial charge < -0.3 is 5.32 Å². The third kappa shape index (κ3) is 4.02. The van der Waals surface area contributed by atoms with Gasteiger partial charge in [-0.15, -0.1) is 11.3 Å². The smallest absolute Gasteiger partial charge is 0.223 e. The molecule has 1 amide bonds. The van der Waals surface area contributed by atoms with Crippen LogP contribution in [0.15, 0.2) is 29.0 Å². The summed E-state index contributed by atoms with van der Waals surface area (Å²) in [5.41, 5.74) is 0.731. The van der Waals surface area contributed by atoms with Gasteiger partial charge in [-0.3, -0.25) is 9.59 Å². The SMILES string of the molecule is CCC(CC)C(=O)NCc1ccc(C(=O)c2ccsc2)s1. The largest absolute Gasteiger partial charge is 0.351 e. The first-order valence-corrected chi connectivity index (χ1v) is 8.85. The fourth-order valence-electron chi connectivity index (χ4n) is 2.11. The Hall–Kier alpha value is -1.46. The first kappa shape index (κ1) is 15.9. The average molecular weight is 321 g/mol. The minimum atomic E-state index is 0.0545. The zero-order valence-electron chi connectivity index (χ0n) is 12.2. The number of carbonyl (C=O) groups excluding carboxylic acids is 2. The summed E-state index contributed by atoms with van der Waals surface area (Å²) in [4.78, 5) is 25.9. The topological polar surface area (TPSA) is 46.2 Å². The number of hydrogen-bond acceptors (Lipinski definition) is 4. The first-order chi connectivity index (χ1) is 10.2. The van der Waals surface area contributed by atoms with Crippen LogP contribution in [-0.2, 0) is 11.3 Å². The van der Waals surface area contributed by atoms with E-state index in [9.17, 15) is 9.59 Å². The third-order valence-corrected chi connectivity index (χ3v) is 5.23. The van der Waals surface area contributed by atoms with Crippen LogP contribution in [0.3, 0.4) is 0 Å². The minimum absolute atomic E-state index is 0.0545. The van der Waals surface area contributed by atoms with Crippen molar-refractivity contribution in [2.45, 2.75) is 33.2 Å². The molecule has 0 aliphatic heterocycles. The zero-order chi connectivity index (χ0) is 15.2. The van der Waals surface area contributed by atoms with Crippen molar-refractivity contribution in [3.63, 3.8) is 0 Å². The van der Waals surface area contributed by atoms with Crippen LogP contribution in [0.25, 0.3) is 0 Å². The highest BCUT2D eigenvalue weighted by atomic mass is 32.1. The molecule has 5 heteroatoms. The van der Waals surface area contributed by atoms with Gasteiger partial charge in [0.25, 0.3) is 0 Å². The van der Waals surface area contributed by atoms with Crippen molar-refractivity contribution in [3.8, 4) is 0 Å². The molecule has 0 radical (unpaired) electrons. The van der Waals surface area contributed by atoms with Crippen molar-refractivity contribution < 1.29 is 9.59 Å². The van der Waals surface area contributed by atoms with E-state index in [0.29, 0.717) is 6.54 Å². The molecule has 0 aliphatic carbocycles. The van der Waals surface area contributed by atoms with E-state index in [0.717, 1.165) is 28.2 Å². The van der Waals surface area contributed by atoms with E-state index in [1.54, 1.807) is 0 Å². The maximum Gasteiger partial charge on any atom is 0.223 e. The normalized spacial score (nSPS) is 10.8. The summed E-state index contributed by atoms with van der Waals surface area (Å²) in [6, 6.07) is 5.59. The molecule has 2 heterocycles. The van der Waals surface area contributed by atoms with Crippen LogP contribution in [0.1, 0.15) is 46.8 Å². The number of ketones is 1. The lowest BCUT2D eigenvalue weighted by atomic mass is 10.0. The summed E-state index contributed by atoms with van der Waals surface area (Å²) < 4.78 is 0. The maximum atomic E-state index is 12.2. The number of nitrogens with one attached hydrogen (secondary N) is 1. The average Bonchev–Trinajstić information content (AvgIpc) is 3.17. The fourth-order valence-corrected chi connectivity index (χ4v) is 3.65. The molecule has 0 spiro atoms. The van der Waals surface area contributed by atoms with E-state index in [1.807, 2.05) is 42.8 Å². The van der Waals surface area contributed by atoms with Gasteiger partial charge in [0.15, 0.2) is 0 Å². The number of carbonyl (C=O) groups is 2. The van der Waals surface area contributed by atoms with Gasteiger partial charge >= 0.3 is 0 Å². The van der Waals surface area contributed by atoms with Crippen molar-refractivity contribution in [3.05, 3.63) is 44.3 Å². The van der Waals surface area contributed by atoms with Crippen LogP contribution in [0.4, 0.5) is 0 Å². The van der Waals surface area contributed by atoms with Crippen LogP contribution >= 0.6 is 22.7 Å². The Labute approximate surface area is 133 Å². The summed E-state index contributed by atoms with van der Waals surface area (Å²) in [6.45, 7) is 4.55. The fraction of sp³-hybridized carbons (Fsp3) is 0.375. The molecule has 0 saturated heterocycles. The van der Waals surface area contributed by atoms with Crippen LogP contribution < -0.4 is 5.32 Å². The molecule has 0 bridgehead atoms. The monoisotopic (exact) mass is 321 g/mol. The molecular formula is C16H19NO2S2. The zero-order valence-corrected chi connectivity index (χ0v) is 13.9. The molecule has 112 valence electrons. The predicted octanol–water partition coefficient (Wildman–Crippen LogP) is 4.09. The van der Waals surface area contributed by atoms with Gasteiger partial charge in [0.2, 0.25) is 11.7 Å². The Kier molecular flexibility index (Phi) is 5.70. The molecule has 1 N–H and O–H groups in total. The van der Waals surface area contributed by atoms with Crippen molar-refractivity contribution >= 4 is 34.4 Å². The van der Waals surface area contributed by atoms with Crippen molar-refractivity contribution in [2.75, 3.05) is 0 Å². The standard InChI is InChI=1S/C16H19NO2S2/c1-3-11(4-2)16(19)17-9-13-5-6-14(21-13)15(18)12-7-8-20-10-12/h5-8,10-11H,3-4,9H2,1-2H3,(H,17,19). The molecule has 2 aromatic heterocycles. The van der Waals surface area contributed by atoms with Crippen molar-refractivity contribution in [1.29, 1.82) is 0 Å². The second kappa shape index (κ2) is 7.52. The number of rotatable bonds is 7. The molecule has 2 aromatic rings. The van der Waals surface area contributed by atoms with Crippen LogP contribution in [0.2, 0.25) is 0 Å². The van der Waals surface area contributed by atoms with E-state index < -0.39 is 0 Å². The number of hydrogen-bond donors (Lipinski definition) is 1. The van der Waals surface area contributed by atoms with Gasteiger partial charge in [0.1, 0.15) is 0 Å². The minimum Gasteiger partial charge on any atom is -0.351 e. The summed E-state index contributed by atoms with van der Waals surface area (Å²) >= 11 is 2.97. The predicted molar refractivity (Wildman–Crippen MR) is 88.0 cm³/mol. The Balaban J connectivity index is 1.95. The van der Waals surface area contributed by atoms with Gasteiger partial charge in [-0.1, -0.05) is 13.8 Å². The summed E-state index contributed by atoms with van der Waals surface area (Å²) in [5, 5.41) is 6.71. The van der Waals surface area contributed by atoms with Gasteiger partial charge in [-0.2, -0.15) is 11.3 Å². The Morgan fingerprint density at radius 1 is 1.19 bits per heavy atom. The molecule has 3 nitrogen and oxygen atoms in total. The summed E-state index contributed by atoms with van der Waals surface area (Å²) in [5.74, 6) is 0.231. The van der Waals surface area contributed by atoms with E-state index in [1.165, 1.54) is 22.7 Å². The molecular weight excluding hydrogens is 302 g/mol. The third-order valence-electron chi connectivity index (χ3n) is 3.46. The first-order valence-electron chi connectivity index (χ1n) is 7.09. The second-order valence-electron chi connectivity index (χ2n) is 4.84. The van der Waals surface area contributed by atoms with Crippen molar-refractivity contribution in [1.82, 2.24) is 5.32 Å². The Morgan fingerprint density at radius 3 is 2.57 bits per heavy atom. The van der Waals surface area contributed by atoms with Gasteiger partial charge in [-0.25, -0.2) is 0 Å². The van der Waals surface area contributed by atoms with E-state index in [2.05, 4.69) is 5.32 Å². The molecule has 0 atom stereocenters. The summed E-state index contributed by atoms with van der Waals surface area (Å²) in [7, 11) is 0. The highest BCUT2D eigenvalue weighted by molar-refractivity contribution is 7.14. The summed E-state index contributed by atoms with van der Waals surface area (Å²) in [6.07, 6.45) is 1.71. The highest BCUT2D eigenvalue weighted by Crippen LogP contribution is 2.21. The van der Waals surface area contributed by atoms with E-state index in [4.69, 9.17) is 0 Å². The molecule has 0 aromatic carbocycles.